The van der Waals surface area contributed by atoms with Crippen molar-refractivity contribution in [2.75, 3.05) is 13.1 Å². The highest BCUT2D eigenvalue weighted by molar-refractivity contribution is 5.26. The van der Waals surface area contributed by atoms with Gasteiger partial charge in [0.25, 0.3) is 0 Å². The number of rotatable bonds is 6. The van der Waals surface area contributed by atoms with Crippen molar-refractivity contribution in [3.05, 3.63) is 35.1 Å². The highest BCUT2D eigenvalue weighted by atomic mass is 19.1. The number of hydrogen-bond acceptors (Lipinski definition) is 2. The zero-order chi connectivity index (χ0) is 15.2. The van der Waals surface area contributed by atoms with Crippen LogP contribution in [-0.2, 0) is 6.54 Å². The second-order valence-corrected chi connectivity index (χ2v) is 6.34. The van der Waals surface area contributed by atoms with Crippen LogP contribution in [-0.4, -0.2) is 30.1 Å². The Balaban J connectivity index is 2.07. The molecular weight excluding hydrogens is 263 g/mol. The summed E-state index contributed by atoms with van der Waals surface area (Å²) >= 11 is 0. The number of hydrogen-bond donors (Lipinski definition) is 1. The number of piperazine rings is 1. The lowest BCUT2D eigenvalue weighted by Gasteiger charge is -2.41. The van der Waals surface area contributed by atoms with E-state index in [2.05, 4.69) is 24.1 Å². The molecule has 2 nitrogen and oxygen atoms in total. The van der Waals surface area contributed by atoms with Crippen molar-refractivity contribution in [2.24, 2.45) is 0 Å². The molecule has 0 aliphatic carbocycles. The molecule has 0 radical (unpaired) electrons. The van der Waals surface area contributed by atoms with Gasteiger partial charge in [0.15, 0.2) is 0 Å². The molecule has 0 aromatic heterocycles. The Morgan fingerprint density at radius 1 is 1.24 bits per heavy atom. The van der Waals surface area contributed by atoms with Crippen LogP contribution in [0.25, 0.3) is 0 Å². The maximum absolute atomic E-state index is 13.3. The molecule has 1 saturated heterocycles. The van der Waals surface area contributed by atoms with Gasteiger partial charge in [-0.3, -0.25) is 4.90 Å². The molecule has 1 N–H and O–H groups in total. The van der Waals surface area contributed by atoms with Crippen LogP contribution in [0.1, 0.15) is 50.7 Å². The van der Waals surface area contributed by atoms with Gasteiger partial charge in [-0.1, -0.05) is 32.8 Å². The Kier molecular flexibility index (Phi) is 6.19. The minimum Gasteiger partial charge on any atom is -0.311 e. The van der Waals surface area contributed by atoms with Crippen LogP contribution < -0.4 is 5.32 Å². The third-order valence-electron chi connectivity index (χ3n) is 4.55. The maximum atomic E-state index is 13.3. The second kappa shape index (κ2) is 7.90. The Bertz CT molecular complexity index is 447. The quantitative estimate of drug-likeness (QED) is 0.856. The van der Waals surface area contributed by atoms with E-state index >= 15 is 0 Å². The first kappa shape index (κ1) is 16.4. The van der Waals surface area contributed by atoms with Gasteiger partial charge in [-0.2, -0.15) is 0 Å². The number of nitrogens with zero attached hydrogens (tertiary/aromatic N) is 1. The first-order valence-electron chi connectivity index (χ1n) is 8.36. The summed E-state index contributed by atoms with van der Waals surface area (Å²) in [4.78, 5) is 2.60. The molecule has 2 unspecified atom stereocenters. The van der Waals surface area contributed by atoms with Crippen molar-refractivity contribution in [3.8, 4) is 0 Å². The fourth-order valence-electron chi connectivity index (χ4n) is 3.34. The predicted molar refractivity (Wildman–Crippen MR) is 86.9 cm³/mol. The van der Waals surface area contributed by atoms with Gasteiger partial charge in [0, 0.05) is 31.7 Å². The molecule has 1 aromatic carbocycles. The molecule has 0 spiro atoms. The zero-order valence-corrected chi connectivity index (χ0v) is 13.7. The van der Waals surface area contributed by atoms with E-state index < -0.39 is 0 Å². The van der Waals surface area contributed by atoms with E-state index in [1.807, 2.05) is 13.0 Å². The van der Waals surface area contributed by atoms with Gasteiger partial charge in [0.1, 0.15) is 5.82 Å². The largest absolute Gasteiger partial charge is 0.311 e. The van der Waals surface area contributed by atoms with E-state index in [-0.39, 0.29) is 5.82 Å². The highest BCUT2D eigenvalue weighted by Gasteiger charge is 2.27. The molecule has 2 rings (SSSR count). The second-order valence-electron chi connectivity index (χ2n) is 6.34. The molecule has 0 saturated carbocycles. The molecule has 1 aliphatic rings. The van der Waals surface area contributed by atoms with Crippen LogP contribution in [0.2, 0.25) is 0 Å². The number of benzene rings is 1. The lowest BCUT2D eigenvalue weighted by Crippen LogP contribution is -2.55. The normalized spacial score (nSPS) is 23.4. The lowest BCUT2D eigenvalue weighted by atomic mass is 10.00. The van der Waals surface area contributed by atoms with E-state index in [0.717, 1.165) is 25.2 Å². The van der Waals surface area contributed by atoms with Crippen LogP contribution in [0.3, 0.4) is 0 Å². The average molecular weight is 292 g/mol. The molecule has 2 atom stereocenters. The standard InChI is InChI=1S/C18H29FN2/c1-4-6-17-13-21(18(7-5-2)11-20-17)12-15-8-9-16(19)10-14(15)3/h8-10,17-18,20H,4-7,11-13H2,1-3H3. The van der Waals surface area contributed by atoms with Gasteiger partial charge in [-0.15, -0.1) is 0 Å². The summed E-state index contributed by atoms with van der Waals surface area (Å²) in [6, 6.07) is 6.39. The molecule has 0 amide bonds. The maximum Gasteiger partial charge on any atom is 0.123 e. The van der Waals surface area contributed by atoms with Crippen LogP contribution in [0.5, 0.6) is 0 Å². The van der Waals surface area contributed by atoms with Crippen LogP contribution in [0.4, 0.5) is 4.39 Å². The number of nitrogens with one attached hydrogen (secondary N) is 1. The minimum atomic E-state index is -0.134. The first-order chi connectivity index (χ1) is 10.1. The van der Waals surface area contributed by atoms with Crippen molar-refractivity contribution in [2.45, 2.75) is 65.1 Å². The summed E-state index contributed by atoms with van der Waals surface area (Å²) in [7, 11) is 0. The summed E-state index contributed by atoms with van der Waals surface area (Å²) in [5, 5.41) is 3.69. The third kappa shape index (κ3) is 4.52. The summed E-state index contributed by atoms with van der Waals surface area (Å²) < 4.78 is 13.3. The summed E-state index contributed by atoms with van der Waals surface area (Å²) in [6.45, 7) is 9.64. The van der Waals surface area contributed by atoms with Crippen molar-refractivity contribution >= 4 is 0 Å². The van der Waals surface area contributed by atoms with Gasteiger partial charge in [0.05, 0.1) is 0 Å². The lowest BCUT2D eigenvalue weighted by molar-refractivity contribution is 0.111. The first-order valence-corrected chi connectivity index (χ1v) is 8.36. The molecule has 1 aromatic rings. The van der Waals surface area contributed by atoms with Crippen LogP contribution in [0, 0.1) is 12.7 Å². The Morgan fingerprint density at radius 3 is 2.67 bits per heavy atom. The fourth-order valence-corrected chi connectivity index (χ4v) is 3.34. The molecule has 118 valence electrons. The van der Waals surface area contributed by atoms with Gasteiger partial charge in [0.2, 0.25) is 0 Å². The van der Waals surface area contributed by atoms with E-state index in [9.17, 15) is 4.39 Å². The smallest absolute Gasteiger partial charge is 0.123 e. The van der Waals surface area contributed by atoms with E-state index in [0.29, 0.717) is 12.1 Å². The molecule has 21 heavy (non-hydrogen) atoms. The van der Waals surface area contributed by atoms with E-state index in [1.54, 1.807) is 12.1 Å². The monoisotopic (exact) mass is 292 g/mol. The van der Waals surface area contributed by atoms with Gasteiger partial charge in [-0.05, 0) is 43.0 Å². The summed E-state index contributed by atoms with van der Waals surface area (Å²) in [6.07, 6.45) is 4.90. The van der Waals surface area contributed by atoms with Gasteiger partial charge < -0.3 is 5.32 Å². The van der Waals surface area contributed by atoms with Gasteiger partial charge in [-0.25, -0.2) is 4.39 Å². The number of aryl methyl sites for hydroxylation is 1. The van der Waals surface area contributed by atoms with Crippen LogP contribution >= 0.6 is 0 Å². The zero-order valence-electron chi connectivity index (χ0n) is 13.7. The Hall–Kier alpha value is -0.930. The minimum absolute atomic E-state index is 0.134. The molecule has 3 heteroatoms. The Labute approximate surface area is 128 Å². The van der Waals surface area contributed by atoms with E-state index in [1.165, 1.54) is 31.2 Å². The molecule has 0 bridgehead atoms. The SMILES string of the molecule is CCCC1CN(Cc2ccc(F)cc2C)C(CCC)CN1. The highest BCUT2D eigenvalue weighted by Crippen LogP contribution is 2.20. The number of halogens is 1. The van der Waals surface area contributed by atoms with Crippen LogP contribution in [0.15, 0.2) is 18.2 Å². The third-order valence-corrected chi connectivity index (χ3v) is 4.55. The molecular formula is C18H29FN2. The topological polar surface area (TPSA) is 15.3 Å². The molecule has 1 fully saturated rings. The van der Waals surface area contributed by atoms with Crippen molar-refractivity contribution < 1.29 is 4.39 Å². The Morgan fingerprint density at radius 2 is 2.00 bits per heavy atom. The van der Waals surface area contributed by atoms with E-state index in [4.69, 9.17) is 0 Å². The average Bonchev–Trinajstić information content (AvgIpc) is 2.45. The van der Waals surface area contributed by atoms with Gasteiger partial charge >= 0.3 is 0 Å². The van der Waals surface area contributed by atoms with Crippen molar-refractivity contribution in [1.29, 1.82) is 0 Å². The van der Waals surface area contributed by atoms with Crippen molar-refractivity contribution in [1.82, 2.24) is 10.2 Å². The van der Waals surface area contributed by atoms with Crippen molar-refractivity contribution in [3.63, 3.8) is 0 Å². The summed E-state index contributed by atoms with van der Waals surface area (Å²) in [5.74, 6) is -0.134. The molecule has 1 heterocycles. The fraction of sp³-hybridized carbons (Fsp3) is 0.667. The predicted octanol–water partition coefficient (Wildman–Crippen LogP) is 3.88. The molecule has 1 aliphatic heterocycles. The summed E-state index contributed by atoms with van der Waals surface area (Å²) in [5.41, 5.74) is 2.32.